The van der Waals surface area contributed by atoms with Crippen molar-refractivity contribution in [3.63, 3.8) is 0 Å². The van der Waals surface area contributed by atoms with Crippen LogP contribution in [0, 0.1) is 0 Å². The number of ether oxygens (including phenoxy) is 1. The third-order valence-corrected chi connectivity index (χ3v) is 5.96. The van der Waals surface area contributed by atoms with E-state index in [2.05, 4.69) is 5.32 Å². The number of aromatic hydroxyl groups is 1. The molecule has 0 bridgehead atoms. The molecule has 1 aliphatic heterocycles. The Morgan fingerprint density at radius 3 is 2.39 bits per heavy atom. The Balaban J connectivity index is 1.75. The predicted octanol–water partition coefficient (Wildman–Crippen LogP) is 6.97. The van der Waals surface area contributed by atoms with Gasteiger partial charge in [0.1, 0.15) is 17.7 Å². The normalized spacial score (nSPS) is 18.5. The van der Waals surface area contributed by atoms with Crippen LogP contribution >= 0.6 is 34.8 Å². The predicted molar refractivity (Wildman–Crippen MR) is 127 cm³/mol. The highest BCUT2D eigenvalue weighted by atomic mass is 35.5. The van der Waals surface area contributed by atoms with Gasteiger partial charge >= 0.3 is 0 Å². The van der Waals surface area contributed by atoms with Crippen molar-refractivity contribution < 1.29 is 9.84 Å². The summed E-state index contributed by atoms with van der Waals surface area (Å²) in [5.74, 6) is 0.984. The molecule has 1 aliphatic rings. The molecule has 0 aliphatic carbocycles. The minimum Gasteiger partial charge on any atom is -0.508 e. The molecule has 0 unspecified atom stereocenters. The van der Waals surface area contributed by atoms with Crippen molar-refractivity contribution >= 4 is 40.5 Å². The molecule has 0 radical (unpaired) electrons. The molecule has 4 rings (SSSR count). The van der Waals surface area contributed by atoms with Crippen molar-refractivity contribution in [3.8, 4) is 11.5 Å². The molecule has 2 N–H and O–H groups in total. The highest BCUT2D eigenvalue weighted by Crippen LogP contribution is 2.37. The fraction of sp³-hybridized carbons (Fsp3) is 0.208. The topological polar surface area (TPSA) is 53.8 Å². The van der Waals surface area contributed by atoms with Gasteiger partial charge in [-0.15, -0.1) is 0 Å². The second kappa shape index (κ2) is 9.49. The molecule has 7 heteroatoms. The lowest BCUT2D eigenvalue weighted by Gasteiger charge is -2.31. The number of phenols is 1. The first kappa shape index (κ1) is 22.0. The first-order valence-corrected chi connectivity index (χ1v) is 11.1. The molecule has 160 valence electrons. The van der Waals surface area contributed by atoms with E-state index in [0.29, 0.717) is 33.7 Å². The number of nitrogens with zero attached hydrogens (tertiary/aromatic N) is 1. The molecular formula is C24H21Cl3N2O2. The van der Waals surface area contributed by atoms with Gasteiger partial charge in [0.2, 0.25) is 0 Å². The molecule has 4 nitrogen and oxygen atoms in total. The van der Waals surface area contributed by atoms with Crippen molar-refractivity contribution in [2.24, 2.45) is 4.99 Å². The zero-order valence-corrected chi connectivity index (χ0v) is 19.0. The summed E-state index contributed by atoms with van der Waals surface area (Å²) in [6, 6.07) is 18.0. The number of nitrogens with one attached hydrogen (secondary N) is 1. The zero-order valence-electron chi connectivity index (χ0n) is 16.8. The van der Waals surface area contributed by atoms with Gasteiger partial charge in [-0.2, -0.15) is 0 Å². The summed E-state index contributed by atoms with van der Waals surface area (Å²) in [6.45, 7) is 2.56. The van der Waals surface area contributed by atoms with Gasteiger partial charge in [-0.1, -0.05) is 40.9 Å². The number of aliphatic imine (C=N–C) groups is 1. The van der Waals surface area contributed by atoms with Crippen molar-refractivity contribution in [2.75, 3.05) is 6.61 Å². The Hall–Kier alpha value is -2.24. The lowest BCUT2D eigenvalue weighted by Crippen LogP contribution is -2.33. The van der Waals surface area contributed by atoms with Crippen LogP contribution < -0.4 is 10.1 Å². The van der Waals surface area contributed by atoms with Gasteiger partial charge in [0.15, 0.2) is 0 Å². The number of halogens is 3. The standard InChI is InChI=1S/C24H21Cl3N2O2/c1-2-31-17-7-3-14(4-8-17)21-13-22(19-11-15(25)6-10-23(19)30)29-24(28-21)18-9-5-16(26)12-20(18)27/h3-12,22,24,29-30H,2,13H2,1H3/t22-,24-/m0/s1. The van der Waals surface area contributed by atoms with Crippen LogP contribution in [0.4, 0.5) is 0 Å². The molecular weight excluding hydrogens is 455 g/mol. The molecule has 2 atom stereocenters. The van der Waals surface area contributed by atoms with E-state index >= 15 is 0 Å². The second-order valence-electron chi connectivity index (χ2n) is 7.23. The van der Waals surface area contributed by atoms with E-state index in [1.807, 2.05) is 37.3 Å². The minimum absolute atomic E-state index is 0.177. The summed E-state index contributed by atoms with van der Waals surface area (Å²) in [5.41, 5.74) is 3.38. The van der Waals surface area contributed by atoms with E-state index in [4.69, 9.17) is 44.5 Å². The van der Waals surface area contributed by atoms with Crippen LogP contribution in [0.3, 0.4) is 0 Å². The maximum atomic E-state index is 10.5. The number of rotatable bonds is 5. The Morgan fingerprint density at radius 1 is 0.968 bits per heavy atom. The van der Waals surface area contributed by atoms with Crippen LogP contribution in [0.5, 0.6) is 11.5 Å². The minimum atomic E-state index is -0.413. The summed E-state index contributed by atoms with van der Waals surface area (Å²) >= 11 is 18.8. The van der Waals surface area contributed by atoms with E-state index in [1.54, 1.807) is 30.3 Å². The van der Waals surface area contributed by atoms with Crippen molar-refractivity contribution in [3.05, 3.63) is 92.4 Å². The third kappa shape index (κ3) is 4.99. The Bertz CT molecular complexity index is 1120. The first-order valence-electron chi connectivity index (χ1n) is 9.94. The molecule has 0 spiro atoms. The summed E-state index contributed by atoms with van der Waals surface area (Å²) in [6.07, 6.45) is 0.160. The van der Waals surface area contributed by atoms with E-state index in [0.717, 1.165) is 22.6 Å². The fourth-order valence-corrected chi connectivity index (χ4v) is 4.37. The van der Waals surface area contributed by atoms with Crippen LogP contribution in [0.25, 0.3) is 0 Å². The molecule has 0 fully saturated rings. The van der Waals surface area contributed by atoms with Gasteiger partial charge in [0.25, 0.3) is 0 Å². The summed E-state index contributed by atoms with van der Waals surface area (Å²) in [5, 5.41) is 15.6. The van der Waals surface area contributed by atoms with E-state index in [1.165, 1.54) is 0 Å². The number of hydrogen-bond acceptors (Lipinski definition) is 4. The molecule has 0 amide bonds. The summed E-state index contributed by atoms with van der Waals surface area (Å²) < 4.78 is 5.56. The largest absolute Gasteiger partial charge is 0.508 e. The fourth-order valence-electron chi connectivity index (χ4n) is 3.68. The van der Waals surface area contributed by atoms with Gasteiger partial charge in [-0.3, -0.25) is 10.3 Å². The monoisotopic (exact) mass is 474 g/mol. The second-order valence-corrected chi connectivity index (χ2v) is 8.51. The SMILES string of the molecule is CCOc1ccc(C2=N[C@H](c3ccc(Cl)cc3Cl)N[C@H](c3cc(Cl)ccc3O)C2)cc1. The molecule has 3 aromatic rings. The Labute approximate surface area is 196 Å². The molecule has 0 aromatic heterocycles. The maximum Gasteiger partial charge on any atom is 0.127 e. The third-order valence-electron chi connectivity index (χ3n) is 5.16. The highest BCUT2D eigenvalue weighted by Gasteiger charge is 2.29. The smallest absolute Gasteiger partial charge is 0.127 e. The van der Waals surface area contributed by atoms with Crippen molar-refractivity contribution in [1.29, 1.82) is 0 Å². The average Bonchev–Trinajstić information content (AvgIpc) is 2.76. The Morgan fingerprint density at radius 2 is 1.68 bits per heavy atom. The number of hydrogen-bond donors (Lipinski definition) is 2. The van der Waals surface area contributed by atoms with Gasteiger partial charge in [-0.05, 0) is 67.1 Å². The lowest BCUT2D eigenvalue weighted by molar-refractivity contribution is 0.340. The van der Waals surface area contributed by atoms with E-state index in [-0.39, 0.29) is 11.8 Å². The number of benzene rings is 3. The maximum absolute atomic E-state index is 10.5. The highest BCUT2D eigenvalue weighted by molar-refractivity contribution is 6.35. The molecule has 31 heavy (non-hydrogen) atoms. The van der Waals surface area contributed by atoms with Gasteiger partial charge in [-0.25, -0.2) is 0 Å². The van der Waals surface area contributed by atoms with Crippen LogP contribution in [0.1, 0.15) is 42.2 Å². The molecule has 1 heterocycles. The van der Waals surface area contributed by atoms with Crippen molar-refractivity contribution in [2.45, 2.75) is 25.6 Å². The van der Waals surface area contributed by atoms with Crippen molar-refractivity contribution in [1.82, 2.24) is 5.32 Å². The molecule has 0 saturated heterocycles. The van der Waals surface area contributed by atoms with E-state index < -0.39 is 6.17 Å². The van der Waals surface area contributed by atoms with Crippen LogP contribution in [0.2, 0.25) is 15.1 Å². The Kier molecular flexibility index (Phi) is 6.73. The quantitative estimate of drug-likeness (QED) is 0.419. The van der Waals surface area contributed by atoms with Gasteiger partial charge in [0.05, 0.1) is 6.61 Å². The number of phenolic OH excluding ortho intramolecular Hbond substituents is 1. The van der Waals surface area contributed by atoms with Crippen LogP contribution in [-0.4, -0.2) is 17.4 Å². The van der Waals surface area contributed by atoms with Gasteiger partial charge < -0.3 is 9.84 Å². The average molecular weight is 476 g/mol. The zero-order chi connectivity index (χ0) is 22.0. The summed E-state index contributed by atoms with van der Waals surface area (Å²) in [4.78, 5) is 4.94. The van der Waals surface area contributed by atoms with Gasteiger partial charge in [0, 0.05) is 44.4 Å². The molecule has 0 saturated carbocycles. The molecule has 3 aromatic carbocycles. The van der Waals surface area contributed by atoms with Crippen LogP contribution in [-0.2, 0) is 0 Å². The first-order chi connectivity index (χ1) is 14.9. The lowest BCUT2D eigenvalue weighted by atomic mass is 9.93. The van der Waals surface area contributed by atoms with E-state index in [9.17, 15) is 5.11 Å². The van der Waals surface area contributed by atoms with Crippen LogP contribution in [0.15, 0.2) is 65.7 Å². The summed E-state index contributed by atoms with van der Waals surface area (Å²) in [7, 11) is 0.